The Labute approximate surface area is 206 Å². The molecule has 12 heteroatoms. The van der Waals surface area contributed by atoms with E-state index in [1.54, 1.807) is 18.3 Å². The van der Waals surface area contributed by atoms with Crippen LogP contribution in [0.25, 0.3) is 22.4 Å². The van der Waals surface area contributed by atoms with E-state index in [-0.39, 0.29) is 16.8 Å². The van der Waals surface area contributed by atoms with Gasteiger partial charge in [0, 0.05) is 23.0 Å². The summed E-state index contributed by atoms with van der Waals surface area (Å²) >= 11 is 0. The number of H-pyrrole nitrogens is 1. The maximum absolute atomic E-state index is 14.5. The summed E-state index contributed by atoms with van der Waals surface area (Å²) in [5, 5.41) is 5.42. The van der Waals surface area contributed by atoms with Gasteiger partial charge < -0.3 is 15.6 Å². The quantitative estimate of drug-likeness (QED) is 0.257. The van der Waals surface area contributed by atoms with Crippen molar-refractivity contribution in [2.24, 2.45) is 0 Å². The number of aryl methyl sites for hydroxylation is 1. The van der Waals surface area contributed by atoms with Crippen LogP contribution in [0.15, 0.2) is 67.4 Å². The average Bonchev–Trinajstić information content (AvgIpc) is 3.35. The lowest BCUT2D eigenvalue weighted by molar-refractivity contribution is -0.137. The number of rotatable bonds is 5. The van der Waals surface area contributed by atoms with Crippen molar-refractivity contribution in [2.45, 2.75) is 13.1 Å². The first kappa shape index (κ1) is 23.9. The van der Waals surface area contributed by atoms with Crippen molar-refractivity contribution in [1.82, 2.24) is 24.9 Å². The number of carbonyl (C=O) groups excluding carboxylic acids is 1. The molecule has 0 saturated carbocycles. The second-order valence-corrected chi connectivity index (χ2v) is 8.08. The van der Waals surface area contributed by atoms with Crippen molar-refractivity contribution in [2.75, 3.05) is 10.6 Å². The lowest BCUT2D eigenvalue weighted by atomic mass is 10.1. The smallest absolute Gasteiger partial charge is 0.340 e. The monoisotopic (exact) mass is 507 g/mol. The Morgan fingerprint density at radius 2 is 1.84 bits per heavy atom. The number of nitrogens with one attached hydrogen (secondary N) is 3. The molecule has 186 valence electrons. The largest absolute Gasteiger partial charge is 0.416 e. The van der Waals surface area contributed by atoms with Crippen LogP contribution in [0.5, 0.6) is 0 Å². The fourth-order valence-electron chi connectivity index (χ4n) is 3.77. The zero-order valence-electron chi connectivity index (χ0n) is 19.1. The molecular weight excluding hydrogens is 490 g/mol. The number of halogens is 4. The highest BCUT2D eigenvalue weighted by Gasteiger charge is 2.31. The normalized spacial score (nSPS) is 11.5. The third kappa shape index (κ3) is 4.94. The molecule has 0 unspecified atom stereocenters. The summed E-state index contributed by atoms with van der Waals surface area (Å²) in [5.74, 6) is -1.27. The van der Waals surface area contributed by atoms with E-state index >= 15 is 0 Å². The van der Waals surface area contributed by atoms with Gasteiger partial charge in [0.25, 0.3) is 5.91 Å². The molecule has 5 aromatic rings. The Bertz CT molecular complexity index is 1630. The third-order valence-corrected chi connectivity index (χ3v) is 5.42. The number of benzene rings is 2. The van der Waals surface area contributed by atoms with E-state index in [1.807, 2.05) is 0 Å². The van der Waals surface area contributed by atoms with Crippen molar-refractivity contribution in [1.29, 1.82) is 0 Å². The molecule has 0 spiro atoms. The Morgan fingerprint density at radius 3 is 2.65 bits per heavy atom. The topological polar surface area (TPSA) is 108 Å². The first-order chi connectivity index (χ1) is 17.7. The van der Waals surface area contributed by atoms with Crippen LogP contribution in [0.3, 0.4) is 0 Å². The summed E-state index contributed by atoms with van der Waals surface area (Å²) in [7, 11) is 0. The van der Waals surface area contributed by atoms with E-state index in [9.17, 15) is 22.4 Å². The number of amides is 1. The molecule has 0 radical (unpaired) electrons. The van der Waals surface area contributed by atoms with Gasteiger partial charge in [-0.2, -0.15) is 13.2 Å². The molecule has 0 saturated heterocycles. The van der Waals surface area contributed by atoms with E-state index in [2.05, 4.69) is 35.6 Å². The predicted octanol–water partition coefficient (Wildman–Crippen LogP) is 5.88. The van der Waals surface area contributed by atoms with Crippen LogP contribution < -0.4 is 10.6 Å². The molecule has 0 bridgehead atoms. The van der Waals surface area contributed by atoms with Crippen LogP contribution in [-0.4, -0.2) is 30.8 Å². The molecule has 3 heterocycles. The number of hydrogen-bond acceptors (Lipinski definition) is 6. The number of pyridine rings is 1. The highest BCUT2D eigenvalue weighted by atomic mass is 19.4. The number of alkyl halides is 3. The highest BCUT2D eigenvalue weighted by molar-refractivity contribution is 6.05. The van der Waals surface area contributed by atoms with Gasteiger partial charge in [-0.1, -0.05) is 0 Å². The maximum Gasteiger partial charge on any atom is 0.416 e. The minimum atomic E-state index is -4.62. The number of carbonyl (C=O) groups is 1. The Hall–Kier alpha value is -4.87. The predicted molar refractivity (Wildman–Crippen MR) is 129 cm³/mol. The Kier molecular flexibility index (Phi) is 5.99. The van der Waals surface area contributed by atoms with Crippen molar-refractivity contribution in [3.8, 4) is 11.3 Å². The molecule has 8 nitrogen and oxygen atoms in total. The molecule has 0 aliphatic rings. The van der Waals surface area contributed by atoms with Crippen LogP contribution in [0.2, 0.25) is 0 Å². The summed E-state index contributed by atoms with van der Waals surface area (Å²) in [6.45, 7) is 1.44. The molecule has 37 heavy (non-hydrogen) atoms. The Morgan fingerprint density at radius 1 is 1.00 bits per heavy atom. The first-order valence-corrected chi connectivity index (χ1v) is 10.9. The van der Waals surface area contributed by atoms with E-state index in [1.165, 1.54) is 37.8 Å². The van der Waals surface area contributed by atoms with E-state index in [0.29, 0.717) is 33.9 Å². The molecule has 2 aromatic carbocycles. The molecule has 0 aliphatic carbocycles. The number of hydrogen-bond donors (Lipinski definition) is 3. The lowest BCUT2D eigenvalue weighted by Gasteiger charge is -2.14. The van der Waals surface area contributed by atoms with Gasteiger partial charge >= 0.3 is 6.18 Å². The van der Waals surface area contributed by atoms with Gasteiger partial charge in [-0.15, -0.1) is 0 Å². The van der Waals surface area contributed by atoms with Crippen LogP contribution in [0, 0.1) is 12.7 Å². The van der Waals surface area contributed by atoms with Gasteiger partial charge in [-0.3, -0.25) is 4.79 Å². The molecule has 0 fully saturated rings. The molecule has 3 N–H and O–H groups in total. The number of aromatic amines is 1. The van der Waals surface area contributed by atoms with Crippen LogP contribution in [0.4, 0.5) is 34.8 Å². The van der Waals surface area contributed by atoms with E-state index in [0.717, 1.165) is 18.2 Å². The summed E-state index contributed by atoms with van der Waals surface area (Å²) in [6.07, 6.45) is -0.195. The van der Waals surface area contributed by atoms with Gasteiger partial charge in [0.15, 0.2) is 5.65 Å². The SMILES string of the molecule is Cc1cc(C(=O)Nc2cc(Nc3ncccc3-c3ncnc4[nH]cnc34)ccc2F)cc(C(F)(F)F)c1. The van der Waals surface area contributed by atoms with Crippen LogP contribution in [0.1, 0.15) is 21.5 Å². The van der Waals surface area contributed by atoms with E-state index < -0.39 is 23.5 Å². The van der Waals surface area contributed by atoms with Crippen molar-refractivity contribution < 1.29 is 22.4 Å². The van der Waals surface area contributed by atoms with Gasteiger partial charge in [0.2, 0.25) is 0 Å². The summed E-state index contributed by atoms with van der Waals surface area (Å²) < 4.78 is 54.0. The number of fused-ring (bicyclic) bond motifs is 1. The average molecular weight is 507 g/mol. The molecule has 5 rings (SSSR count). The fourth-order valence-corrected chi connectivity index (χ4v) is 3.77. The molecule has 0 atom stereocenters. The minimum absolute atomic E-state index is 0.223. The number of aromatic nitrogens is 5. The molecule has 3 aromatic heterocycles. The van der Waals surface area contributed by atoms with Crippen molar-refractivity contribution in [3.05, 3.63) is 89.9 Å². The van der Waals surface area contributed by atoms with Crippen LogP contribution >= 0.6 is 0 Å². The zero-order chi connectivity index (χ0) is 26.2. The highest BCUT2D eigenvalue weighted by Crippen LogP contribution is 2.33. The number of anilines is 3. The molecular formula is C25H17F4N7O. The first-order valence-electron chi connectivity index (χ1n) is 10.9. The second kappa shape index (κ2) is 9.30. The summed E-state index contributed by atoms with van der Waals surface area (Å²) in [4.78, 5) is 32.7. The van der Waals surface area contributed by atoms with Gasteiger partial charge in [-0.05, 0) is 61.0 Å². The zero-order valence-corrected chi connectivity index (χ0v) is 19.1. The minimum Gasteiger partial charge on any atom is -0.340 e. The van der Waals surface area contributed by atoms with E-state index in [4.69, 9.17) is 0 Å². The summed E-state index contributed by atoms with van der Waals surface area (Å²) in [5.41, 5.74) is 1.35. The van der Waals surface area contributed by atoms with Crippen molar-refractivity contribution >= 4 is 34.3 Å². The lowest BCUT2D eigenvalue weighted by Crippen LogP contribution is -2.15. The second-order valence-electron chi connectivity index (χ2n) is 8.08. The Balaban J connectivity index is 1.44. The standard InChI is InChI=1S/C25H17F4N7O/c1-13-7-14(9-15(8-13)25(27,28)29)24(37)36-19-10-16(4-5-18(19)26)35-22-17(3-2-6-30-22)20-21-23(33-11-31-20)34-12-32-21/h2-12H,1H3,(H,30,35)(H,36,37)(H,31,32,33,34). The molecule has 0 aliphatic heterocycles. The third-order valence-electron chi connectivity index (χ3n) is 5.42. The van der Waals surface area contributed by atoms with Gasteiger partial charge in [0.05, 0.1) is 17.6 Å². The number of imidazole rings is 1. The fraction of sp³-hybridized carbons (Fsp3) is 0.0800. The van der Waals surface area contributed by atoms with Crippen LogP contribution in [-0.2, 0) is 6.18 Å². The van der Waals surface area contributed by atoms with Crippen molar-refractivity contribution in [3.63, 3.8) is 0 Å². The van der Waals surface area contributed by atoms with Gasteiger partial charge in [0.1, 0.15) is 29.2 Å². The van der Waals surface area contributed by atoms with Gasteiger partial charge in [-0.25, -0.2) is 24.3 Å². The molecule has 1 amide bonds. The summed E-state index contributed by atoms with van der Waals surface area (Å²) in [6, 6.07) is 10.3. The maximum atomic E-state index is 14.5. The number of nitrogens with zero attached hydrogens (tertiary/aromatic N) is 4.